The lowest BCUT2D eigenvalue weighted by Crippen LogP contribution is -2.23. The molecule has 0 aliphatic heterocycles. The van der Waals surface area contributed by atoms with Crippen LogP contribution in [0.3, 0.4) is 0 Å². The molecular weight excluding hydrogens is 330 g/mol. The van der Waals surface area contributed by atoms with Gasteiger partial charge in [0, 0.05) is 20.7 Å². The van der Waals surface area contributed by atoms with Gasteiger partial charge in [-0.05, 0) is 48.6 Å². The summed E-state index contributed by atoms with van der Waals surface area (Å²) in [4.78, 5) is 1.29. The fourth-order valence-electron chi connectivity index (χ4n) is 2.81. The molecule has 0 saturated heterocycles. The maximum absolute atomic E-state index is 6.54. The van der Waals surface area contributed by atoms with E-state index in [1.807, 2.05) is 11.8 Å². The second-order valence-electron chi connectivity index (χ2n) is 5.23. The van der Waals surface area contributed by atoms with E-state index in [1.54, 1.807) is 0 Å². The van der Waals surface area contributed by atoms with Gasteiger partial charge in [-0.15, -0.1) is 11.8 Å². The van der Waals surface area contributed by atoms with Crippen molar-refractivity contribution in [3.8, 4) is 0 Å². The van der Waals surface area contributed by atoms with Gasteiger partial charge in [0.2, 0.25) is 0 Å². The van der Waals surface area contributed by atoms with Crippen LogP contribution in [0, 0.1) is 0 Å². The van der Waals surface area contributed by atoms with Gasteiger partial charge in [0.1, 0.15) is 0 Å². The molecule has 2 aromatic rings. The van der Waals surface area contributed by atoms with Crippen LogP contribution in [0.25, 0.3) is 0 Å². The first-order valence-corrected chi connectivity index (χ1v) is 8.67. The third-order valence-corrected chi connectivity index (χ3v) is 5.68. The minimum absolute atomic E-state index is 0.123. The van der Waals surface area contributed by atoms with Gasteiger partial charge in [0.25, 0.3) is 0 Å². The van der Waals surface area contributed by atoms with Crippen molar-refractivity contribution >= 4 is 27.7 Å². The number of benzene rings is 2. The third kappa shape index (κ3) is 3.11. The van der Waals surface area contributed by atoms with Crippen LogP contribution in [0.2, 0.25) is 0 Å². The zero-order valence-corrected chi connectivity index (χ0v) is 13.7. The van der Waals surface area contributed by atoms with Crippen LogP contribution in [0.5, 0.6) is 0 Å². The van der Waals surface area contributed by atoms with Crippen LogP contribution in [0.1, 0.15) is 30.0 Å². The van der Waals surface area contributed by atoms with Crippen LogP contribution in [-0.4, -0.2) is 5.25 Å². The number of rotatable bonds is 2. The number of hydrogen-bond donors (Lipinski definition) is 1. The molecule has 2 N–H and O–H groups in total. The molecule has 3 heteroatoms. The fourth-order valence-corrected chi connectivity index (χ4v) is 4.64. The van der Waals surface area contributed by atoms with Crippen molar-refractivity contribution < 1.29 is 0 Å². The Kier molecular flexibility index (Phi) is 4.49. The van der Waals surface area contributed by atoms with Crippen LogP contribution >= 0.6 is 27.7 Å². The predicted molar refractivity (Wildman–Crippen MR) is 90.1 cm³/mol. The molecule has 2 aromatic carbocycles. The lowest BCUT2D eigenvalue weighted by atomic mass is 10.00. The summed E-state index contributed by atoms with van der Waals surface area (Å²) in [6, 6.07) is 17.2. The van der Waals surface area contributed by atoms with Gasteiger partial charge in [-0.1, -0.05) is 46.3 Å². The van der Waals surface area contributed by atoms with E-state index < -0.39 is 0 Å². The normalized spacial score (nSPS) is 22.1. The highest BCUT2D eigenvalue weighted by atomic mass is 79.9. The first-order chi connectivity index (χ1) is 9.74. The third-order valence-electron chi connectivity index (χ3n) is 3.83. The molecule has 0 fully saturated rings. The van der Waals surface area contributed by atoms with Gasteiger partial charge >= 0.3 is 0 Å². The van der Waals surface area contributed by atoms with E-state index in [0.29, 0.717) is 5.25 Å². The van der Waals surface area contributed by atoms with E-state index >= 15 is 0 Å². The molecule has 1 nitrogen and oxygen atoms in total. The first kappa shape index (κ1) is 14.2. The average molecular weight is 348 g/mol. The van der Waals surface area contributed by atoms with Crippen molar-refractivity contribution in [2.45, 2.75) is 35.4 Å². The summed E-state index contributed by atoms with van der Waals surface area (Å²) in [5.74, 6) is 0. The van der Waals surface area contributed by atoms with Crippen LogP contribution in [0.15, 0.2) is 57.9 Å². The highest BCUT2D eigenvalue weighted by molar-refractivity contribution is 9.10. The Morgan fingerprint density at radius 2 is 1.95 bits per heavy atom. The van der Waals surface area contributed by atoms with E-state index in [9.17, 15) is 0 Å². The largest absolute Gasteiger partial charge is 0.323 e. The monoisotopic (exact) mass is 347 g/mol. The van der Waals surface area contributed by atoms with Gasteiger partial charge in [-0.25, -0.2) is 0 Å². The van der Waals surface area contributed by atoms with Gasteiger partial charge in [-0.3, -0.25) is 0 Å². The maximum atomic E-state index is 6.54. The predicted octanol–water partition coefficient (Wildman–Crippen LogP) is 4.95. The summed E-state index contributed by atoms with van der Waals surface area (Å²) in [7, 11) is 0. The van der Waals surface area contributed by atoms with Crippen molar-refractivity contribution in [1.29, 1.82) is 0 Å². The van der Waals surface area contributed by atoms with E-state index in [4.69, 9.17) is 5.73 Å². The number of hydrogen-bond acceptors (Lipinski definition) is 2. The van der Waals surface area contributed by atoms with Gasteiger partial charge < -0.3 is 5.73 Å². The Bertz CT molecular complexity index is 599. The molecule has 0 amide bonds. The van der Waals surface area contributed by atoms with Crippen molar-refractivity contribution in [1.82, 2.24) is 0 Å². The highest BCUT2D eigenvalue weighted by Crippen LogP contribution is 2.38. The molecule has 1 aliphatic carbocycles. The van der Waals surface area contributed by atoms with Crippen LogP contribution in [-0.2, 0) is 6.42 Å². The van der Waals surface area contributed by atoms with Crippen molar-refractivity contribution in [2.24, 2.45) is 5.73 Å². The molecule has 2 atom stereocenters. The molecule has 0 radical (unpaired) electrons. The number of halogens is 1. The molecule has 2 unspecified atom stereocenters. The minimum Gasteiger partial charge on any atom is -0.323 e. The van der Waals surface area contributed by atoms with E-state index in [1.165, 1.54) is 28.9 Å². The Morgan fingerprint density at radius 1 is 1.10 bits per heavy atom. The summed E-state index contributed by atoms with van der Waals surface area (Å²) in [6.07, 6.45) is 3.54. The first-order valence-electron chi connectivity index (χ1n) is 6.99. The fraction of sp³-hybridized carbons (Fsp3) is 0.294. The molecule has 104 valence electrons. The summed E-state index contributed by atoms with van der Waals surface area (Å²) < 4.78 is 1.13. The highest BCUT2D eigenvalue weighted by Gasteiger charge is 2.25. The Labute approximate surface area is 133 Å². The smallest absolute Gasteiger partial charge is 0.0421 e. The molecule has 0 aromatic heterocycles. The molecule has 3 rings (SSSR count). The SMILES string of the molecule is NC1c2ccccc2CCCC1Sc1cccc(Br)c1. The maximum Gasteiger partial charge on any atom is 0.0421 e. The number of aryl methyl sites for hydroxylation is 1. The summed E-state index contributed by atoms with van der Waals surface area (Å²) in [5, 5.41) is 0.452. The molecule has 0 bridgehead atoms. The minimum atomic E-state index is 0.123. The number of nitrogens with two attached hydrogens (primary N) is 1. The van der Waals surface area contributed by atoms with Crippen molar-refractivity contribution in [3.05, 3.63) is 64.1 Å². The van der Waals surface area contributed by atoms with Gasteiger partial charge in [-0.2, -0.15) is 0 Å². The quantitative estimate of drug-likeness (QED) is 0.778. The molecule has 20 heavy (non-hydrogen) atoms. The van der Waals surface area contributed by atoms with Crippen molar-refractivity contribution in [3.63, 3.8) is 0 Å². The van der Waals surface area contributed by atoms with Crippen LogP contribution < -0.4 is 5.73 Å². The Balaban J connectivity index is 1.84. The van der Waals surface area contributed by atoms with E-state index in [0.717, 1.165) is 10.9 Å². The zero-order chi connectivity index (χ0) is 13.9. The van der Waals surface area contributed by atoms with Gasteiger partial charge in [0.15, 0.2) is 0 Å². The molecule has 0 heterocycles. The second kappa shape index (κ2) is 6.33. The summed E-state index contributed by atoms with van der Waals surface area (Å²) in [5.41, 5.74) is 9.30. The standard InChI is InChI=1S/C17H18BrNS/c18-13-7-4-8-14(11-13)20-16-10-3-6-12-5-1-2-9-15(12)17(16)19/h1-2,4-5,7-9,11,16-17H,3,6,10,19H2. The van der Waals surface area contributed by atoms with Gasteiger partial charge in [0.05, 0.1) is 0 Å². The molecular formula is C17H18BrNS. The number of thioether (sulfide) groups is 1. The molecule has 0 saturated carbocycles. The second-order valence-corrected chi connectivity index (χ2v) is 7.46. The summed E-state index contributed by atoms with van der Waals surface area (Å²) in [6.45, 7) is 0. The number of fused-ring (bicyclic) bond motifs is 1. The van der Waals surface area contributed by atoms with Crippen molar-refractivity contribution in [2.75, 3.05) is 0 Å². The Hall–Kier alpha value is -0.770. The zero-order valence-electron chi connectivity index (χ0n) is 11.3. The molecule has 0 spiro atoms. The summed E-state index contributed by atoms with van der Waals surface area (Å²) >= 11 is 5.45. The van der Waals surface area contributed by atoms with E-state index in [-0.39, 0.29) is 6.04 Å². The van der Waals surface area contributed by atoms with Crippen LogP contribution in [0.4, 0.5) is 0 Å². The average Bonchev–Trinajstić information content (AvgIpc) is 2.60. The lowest BCUT2D eigenvalue weighted by molar-refractivity contribution is 0.632. The molecule has 1 aliphatic rings. The topological polar surface area (TPSA) is 26.0 Å². The lowest BCUT2D eigenvalue weighted by Gasteiger charge is -2.22. The van der Waals surface area contributed by atoms with E-state index in [2.05, 4.69) is 64.5 Å². The Morgan fingerprint density at radius 3 is 2.80 bits per heavy atom.